The zero-order chi connectivity index (χ0) is 12.2. The van der Waals surface area contributed by atoms with E-state index in [4.69, 9.17) is 4.74 Å². The molecule has 2 aliphatic rings. The number of thiophene rings is 1. The number of hydrogen-bond donors (Lipinski definition) is 0. The minimum Gasteiger partial charge on any atom is -0.389 e. The first-order valence-electron chi connectivity index (χ1n) is 5.63. The highest BCUT2D eigenvalue weighted by atomic mass is 32.1. The number of ether oxygens (including phenoxy) is 1. The van der Waals surface area contributed by atoms with Gasteiger partial charge in [-0.3, -0.25) is 4.79 Å². The van der Waals surface area contributed by atoms with Gasteiger partial charge in [-0.25, -0.2) is 4.79 Å². The quantitative estimate of drug-likeness (QED) is 0.523. The van der Waals surface area contributed by atoms with Gasteiger partial charge in [0.2, 0.25) is 0 Å². The molecule has 1 aliphatic heterocycles. The van der Waals surface area contributed by atoms with E-state index in [9.17, 15) is 9.59 Å². The van der Waals surface area contributed by atoms with Crippen molar-refractivity contribution in [2.24, 2.45) is 11.8 Å². The van der Waals surface area contributed by atoms with Crippen LogP contribution in [0.15, 0.2) is 17.0 Å². The Labute approximate surface area is 103 Å². The Balaban J connectivity index is 2.25. The van der Waals surface area contributed by atoms with Crippen molar-refractivity contribution >= 4 is 28.8 Å². The molecule has 2 atom stereocenters. The monoisotopic (exact) mass is 248 g/mol. The van der Waals surface area contributed by atoms with Gasteiger partial charge in [-0.1, -0.05) is 6.92 Å². The van der Waals surface area contributed by atoms with E-state index in [1.165, 1.54) is 4.88 Å². The second-order valence-corrected chi connectivity index (χ2v) is 5.66. The topological polar surface area (TPSA) is 43.4 Å². The number of carbonyl (C=O) groups is 2. The van der Waals surface area contributed by atoms with Gasteiger partial charge in [0.15, 0.2) is 0 Å². The zero-order valence-corrected chi connectivity index (χ0v) is 10.5. The van der Waals surface area contributed by atoms with E-state index >= 15 is 0 Å². The van der Waals surface area contributed by atoms with Gasteiger partial charge in [0, 0.05) is 4.88 Å². The summed E-state index contributed by atoms with van der Waals surface area (Å²) in [6.07, 6.45) is 0.834. The average Bonchev–Trinajstić information content (AvgIpc) is 2.79. The Morgan fingerprint density at radius 1 is 1.41 bits per heavy atom. The van der Waals surface area contributed by atoms with E-state index in [2.05, 4.69) is 0 Å². The first-order valence-corrected chi connectivity index (χ1v) is 6.51. The van der Waals surface area contributed by atoms with Crippen LogP contribution in [0.5, 0.6) is 0 Å². The van der Waals surface area contributed by atoms with Gasteiger partial charge >= 0.3 is 11.9 Å². The molecule has 17 heavy (non-hydrogen) atoms. The summed E-state index contributed by atoms with van der Waals surface area (Å²) in [6.45, 7) is 3.92. The first kappa shape index (κ1) is 10.7. The number of fused-ring (bicyclic) bond motifs is 2. The molecule has 2 heterocycles. The third kappa shape index (κ3) is 1.40. The predicted molar refractivity (Wildman–Crippen MR) is 64.4 cm³/mol. The minimum absolute atomic E-state index is 0.124. The Kier molecular flexibility index (Phi) is 2.23. The minimum atomic E-state index is -0.455. The first-order chi connectivity index (χ1) is 8.09. The van der Waals surface area contributed by atoms with Gasteiger partial charge in [-0.05, 0) is 41.8 Å². The van der Waals surface area contributed by atoms with Crippen LogP contribution in [0.1, 0.15) is 24.3 Å². The molecule has 3 rings (SSSR count). The SMILES string of the molecule is CC1=C2C(=O)OC(=O)[C@@H]2[C@@H](C)Cc2sccc21. The molecule has 4 heteroatoms. The fraction of sp³-hybridized carbons (Fsp3) is 0.385. The lowest BCUT2D eigenvalue weighted by Gasteiger charge is -2.13. The fourth-order valence-corrected chi connectivity index (χ4v) is 3.82. The van der Waals surface area contributed by atoms with Crippen LogP contribution in [0.2, 0.25) is 0 Å². The Bertz CT molecular complexity index is 553. The largest absolute Gasteiger partial charge is 0.389 e. The smallest absolute Gasteiger partial charge is 0.342 e. The molecule has 1 fully saturated rings. The summed E-state index contributed by atoms with van der Waals surface area (Å²) in [5, 5.41) is 2.03. The van der Waals surface area contributed by atoms with Crippen molar-refractivity contribution in [3.63, 3.8) is 0 Å². The maximum Gasteiger partial charge on any atom is 0.342 e. The molecule has 0 amide bonds. The lowest BCUT2D eigenvalue weighted by Crippen LogP contribution is -2.19. The van der Waals surface area contributed by atoms with Gasteiger partial charge in [-0.15, -0.1) is 11.3 Å². The second kappa shape index (κ2) is 3.53. The van der Waals surface area contributed by atoms with Crippen molar-refractivity contribution in [2.75, 3.05) is 0 Å². The molecule has 0 N–H and O–H groups in total. The van der Waals surface area contributed by atoms with E-state index in [1.54, 1.807) is 11.3 Å². The van der Waals surface area contributed by atoms with E-state index < -0.39 is 5.97 Å². The predicted octanol–water partition coefficient (Wildman–Crippen LogP) is 2.41. The molecule has 88 valence electrons. The lowest BCUT2D eigenvalue weighted by atomic mass is 9.86. The van der Waals surface area contributed by atoms with E-state index in [0.29, 0.717) is 5.57 Å². The van der Waals surface area contributed by atoms with Gasteiger partial charge in [0.05, 0.1) is 11.5 Å². The molecule has 1 aromatic rings. The zero-order valence-electron chi connectivity index (χ0n) is 9.65. The molecule has 1 saturated heterocycles. The number of hydrogen-bond acceptors (Lipinski definition) is 4. The summed E-state index contributed by atoms with van der Waals surface area (Å²) >= 11 is 1.69. The standard InChI is InChI=1S/C13H12O3S/c1-6-5-9-8(3-4-17-9)7(2)11-10(6)12(14)16-13(11)15/h3-4,6,10H,5H2,1-2H3/t6-,10+/m0/s1. The van der Waals surface area contributed by atoms with Crippen LogP contribution < -0.4 is 0 Å². The summed E-state index contributed by atoms with van der Waals surface area (Å²) in [7, 11) is 0. The van der Waals surface area contributed by atoms with Crippen molar-refractivity contribution in [2.45, 2.75) is 20.3 Å². The van der Waals surface area contributed by atoms with Crippen LogP contribution in [0.25, 0.3) is 5.57 Å². The van der Waals surface area contributed by atoms with Gasteiger partial charge in [-0.2, -0.15) is 0 Å². The number of esters is 2. The molecule has 0 saturated carbocycles. The molecular formula is C13H12O3S. The molecule has 3 nitrogen and oxygen atoms in total. The Hall–Kier alpha value is -1.42. The van der Waals surface area contributed by atoms with Crippen LogP contribution in [0.3, 0.4) is 0 Å². The highest BCUT2D eigenvalue weighted by molar-refractivity contribution is 7.10. The molecular weight excluding hydrogens is 236 g/mol. The molecule has 0 bridgehead atoms. The molecule has 0 radical (unpaired) electrons. The van der Waals surface area contributed by atoms with Crippen molar-refractivity contribution in [1.29, 1.82) is 0 Å². The third-order valence-electron chi connectivity index (χ3n) is 3.61. The van der Waals surface area contributed by atoms with Crippen molar-refractivity contribution < 1.29 is 14.3 Å². The number of rotatable bonds is 0. The summed E-state index contributed by atoms with van der Waals surface area (Å²) < 4.78 is 4.76. The number of cyclic esters (lactones) is 2. The molecule has 1 aromatic heterocycles. The average molecular weight is 248 g/mol. The highest BCUT2D eigenvalue weighted by Crippen LogP contribution is 2.42. The van der Waals surface area contributed by atoms with E-state index in [1.807, 2.05) is 25.3 Å². The number of allylic oxidation sites excluding steroid dienone is 1. The molecule has 1 aliphatic carbocycles. The molecule has 0 aromatic carbocycles. The van der Waals surface area contributed by atoms with Crippen molar-refractivity contribution in [1.82, 2.24) is 0 Å². The van der Waals surface area contributed by atoms with Crippen LogP contribution in [-0.2, 0) is 20.7 Å². The maximum absolute atomic E-state index is 11.8. The van der Waals surface area contributed by atoms with Crippen LogP contribution >= 0.6 is 11.3 Å². The van der Waals surface area contributed by atoms with Crippen LogP contribution in [0.4, 0.5) is 0 Å². The highest BCUT2D eigenvalue weighted by Gasteiger charge is 2.45. The second-order valence-electron chi connectivity index (χ2n) is 4.66. The third-order valence-corrected chi connectivity index (χ3v) is 4.55. The van der Waals surface area contributed by atoms with Crippen molar-refractivity contribution in [3.05, 3.63) is 27.5 Å². The normalized spacial score (nSPS) is 27.6. The van der Waals surface area contributed by atoms with Crippen LogP contribution in [-0.4, -0.2) is 11.9 Å². The van der Waals surface area contributed by atoms with Gasteiger partial charge in [0.25, 0.3) is 0 Å². The van der Waals surface area contributed by atoms with Crippen molar-refractivity contribution in [3.8, 4) is 0 Å². The number of carbonyl (C=O) groups excluding carboxylic acids is 2. The summed E-state index contributed by atoms with van der Waals surface area (Å²) in [5.74, 6) is -1.09. The lowest BCUT2D eigenvalue weighted by molar-refractivity contribution is -0.153. The Morgan fingerprint density at radius 2 is 2.18 bits per heavy atom. The summed E-state index contributed by atoms with van der Waals surface area (Å²) in [4.78, 5) is 24.8. The Morgan fingerprint density at radius 3 is 2.94 bits per heavy atom. The molecule has 0 unspecified atom stereocenters. The van der Waals surface area contributed by atoms with Gasteiger partial charge < -0.3 is 4.74 Å². The van der Waals surface area contributed by atoms with E-state index in [-0.39, 0.29) is 17.8 Å². The van der Waals surface area contributed by atoms with Gasteiger partial charge in [0.1, 0.15) is 0 Å². The fourth-order valence-electron chi connectivity index (χ4n) is 2.75. The maximum atomic E-state index is 11.8. The van der Waals surface area contributed by atoms with Crippen LogP contribution in [0, 0.1) is 11.8 Å². The summed E-state index contributed by atoms with van der Waals surface area (Å²) in [6, 6.07) is 2.02. The van der Waals surface area contributed by atoms with E-state index in [0.717, 1.165) is 17.6 Å². The summed E-state index contributed by atoms with van der Waals surface area (Å²) in [5.41, 5.74) is 2.58. The molecule has 0 spiro atoms.